The van der Waals surface area contributed by atoms with Crippen LogP contribution in [0.3, 0.4) is 0 Å². The largest absolute Gasteiger partial charge is 0.341 e. The molecule has 1 amide bonds. The molecule has 3 rings (SSSR count). The molecule has 0 saturated carbocycles. The highest BCUT2D eigenvalue weighted by Gasteiger charge is 2.31. The van der Waals surface area contributed by atoms with Crippen LogP contribution in [0.2, 0.25) is 0 Å². The molecule has 28 heavy (non-hydrogen) atoms. The first kappa shape index (κ1) is 20.7. The van der Waals surface area contributed by atoms with Crippen molar-refractivity contribution in [3.05, 3.63) is 35.0 Å². The normalized spacial score (nSPS) is 15.6. The zero-order valence-electron chi connectivity index (χ0n) is 17.1. The number of carbonyl (C=O) groups is 1. The van der Waals surface area contributed by atoms with E-state index in [-0.39, 0.29) is 5.91 Å². The van der Waals surface area contributed by atoms with Crippen molar-refractivity contribution < 1.29 is 4.79 Å². The number of likely N-dealkylation sites (tertiary alicyclic amines) is 1. The highest BCUT2D eigenvalue weighted by molar-refractivity contribution is 7.15. The lowest BCUT2D eigenvalue weighted by molar-refractivity contribution is -0.136. The Kier molecular flexibility index (Phi) is 6.67. The lowest BCUT2D eigenvalue weighted by atomic mass is 9.92. The number of carbonyl (C=O) groups excluding carboxylic acids is 1. The summed E-state index contributed by atoms with van der Waals surface area (Å²) in [5, 5.41) is 4.23. The molecule has 1 fully saturated rings. The summed E-state index contributed by atoms with van der Waals surface area (Å²) in [5.74, 6) is 1.22. The third-order valence-corrected chi connectivity index (χ3v) is 6.06. The summed E-state index contributed by atoms with van der Waals surface area (Å²) in [6, 6.07) is 6.09. The van der Waals surface area contributed by atoms with Crippen molar-refractivity contribution in [1.29, 1.82) is 0 Å². The molecule has 7 heteroatoms. The Bertz CT molecular complexity index is 790. The molecule has 2 aromatic rings. The number of nitrogens with one attached hydrogen (secondary N) is 1. The predicted octanol–water partition coefficient (Wildman–Crippen LogP) is 4.07. The van der Waals surface area contributed by atoms with Gasteiger partial charge in [-0.15, -0.1) is 11.3 Å². The van der Waals surface area contributed by atoms with Crippen molar-refractivity contribution in [3.63, 3.8) is 0 Å². The van der Waals surface area contributed by atoms with Gasteiger partial charge < -0.3 is 16.0 Å². The molecular weight excluding hydrogens is 370 g/mol. The first-order chi connectivity index (χ1) is 13.4. The topological polar surface area (TPSA) is 84.1 Å². The van der Waals surface area contributed by atoms with Crippen LogP contribution in [-0.2, 0) is 11.2 Å². The number of rotatable bonds is 7. The van der Waals surface area contributed by atoms with Crippen molar-refractivity contribution in [2.24, 2.45) is 5.73 Å². The summed E-state index contributed by atoms with van der Waals surface area (Å²) < 4.78 is 0. The molecule has 0 radical (unpaired) electrons. The van der Waals surface area contributed by atoms with Crippen LogP contribution in [0, 0.1) is 0 Å². The maximum absolute atomic E-state index is 12.4. The van der Waals surface area contributed by atoms with Crippen LogP contribution in [-0.4, -0.2) is 39.4 Å². The number of nitrogens with zero attached hydrogens (tertiary/aromatic N) is 3. The SMILES string of the molecule is CCCCc1cnc(Nc2cccc(C3CCN(C(=O)C(C)(C)N)CC3)n2)s1. The quantitative estimate of drug-likeness (QED) is 0.731. The summed E-state index contributed by atoms with van der Waals surface area (Å²) in [4.78, 5) is 24.8. The zero-order valence-corrected chi connectivity index (χ0v) is 17.9. The molecule has 1 aliphatic heterocycles. The summed E-state index contributed by atoms with van der Waals surface area (Å²) in [6.45, 7) is 7.20. The fourth-order valence-corrected chi connectivity index (χ4v) is 4.34. The van der Waals surface area contributed by atoms with Gasteiger partial charge in [0, 0.05) is 35.8 Å². The minimum atomic E-state index is -0.807. The molecule has 0 aromatic carbocycles. The number of unbranched alkanes of at least 4 members (excludes halogenated alkanes) is 1. The number of aromatic nitrogens is 2. The minimum Gasteiger partial charge on any atom is -0.341 e. The average molecular weight is 402 g/mol. The summed E-state index contributed by atoms with van der Waals surface area (Å²) >= 11 is 1.70. The van der Waals surface area contributed by atoms with Crippen LogP contribution in [0.1, 0.15) is 62.9 Å². The maximum atomic E-state index is 12.4. The van der Waals surface area contributed by atoms with E-state index in [1.54, 1.807) is 25.2 Å². The summed E-state index contributed by atoms with van der Waals surface area (Å²) in [7, 11) is 0. The van der Waals surface area contributed by atoms with Gasteiger partial charge in [-0.3, -0.25) is 4.79 Å². The van der Waals surface area contributed by atoms with E-state index >= 15 is 0 Å². The molecule has 0 atom stereocenters. The molecular formula is C21H31N5OS. The van der Waals surface area contributed by atoms with E-state index in [2.05, 4.69) is 23.3 Å². The molecule has 0 aliphatic carbocycles. The zero-order chi connectivity index (χ0) is 20.1. The highest BCUT2D eigenvalue weighted by Crippen LogP contribution is 2.29. The van der Waals surface area contributed by atoms with Crippen LogP contribution in [0.25, 0.3) is 0 Å². The number of amides is 1. The van der Waals surface area contributed by atoms with Crippen molar-refractivity contribution in [2.45, 2.75) is 64.3 Å². The first-order valence-corrected chi connectivity index (χ1v) is 11.0. The van der Waals surface area contributed by atoms with Gasteiger partial charge in [0.25, 0.3) is 0 Å². The number of hydrogen-bond donors (Lipinski definition) is 2. The maximum Gasteiger partial charge on any atom is 0.242 e. The van der Waals surface area contributed by atoms with E-state index < -0.39 is 5.54 Å². The fraction of sp³-hybridized carbons (Fsp3) is 0.571. The lowest BCUT2D eigenvalue weighted by Gasteiger charge is -2.35. The number of nitrogens with two attached hydrogens (primary N) is 1. The van der Waals surface area contributed by atoms with Gasteiger partial charge in [0.2, 0.25) is 5.91 Å². The number of anilines is 2. The van der Waals surface area contributed by atoms with E-state index in [0.717, 1.165) is 49.0 Å². The van der Waals surface area contributed by atoms with E-state index in [1.807, 2.05) is 23.2 Å². The number of piperidine rings is 1. The summed E-state index contributed by atoms with van der Waals surface area (Å²) in [5.41, 5.74) is 6.23. The van der Waals surface area contributed by atoms with E-state index in [9.17, 15) is 4.79 Å². The van der Waals surface area contributed by atoms with E-state index in [0.29, 0.717) is 5.92 Å². The molecule has 1 saturated heterocycles. The molecule has 0 unspecified atom stereocenters. The van der Waals surface area contributed by atoms with Gasteiger partial charge >= 0.3 is 0 Å². The Hall–Kier alpha value is -1.99. The molecule has 152 valence electrons. The fourth-order valence-electron chi connectivity index (χ4n) is 3.48. The average Bonchev–Trinajstić information content (AvgIpc) is 3.12. The predicted molar refractivity (Wildman–Crippen MR) is 115 cm³/mol. The summed E-state index contributed by atoms with van der Waals surface area (Å²) in [6.07, 6.45) is 7.25. The molecule has 1 aliphatic rings. The van der Waals surface area contributed by atoms with Gasteiger partial charge in [0.15, 0.2) is 5.13 Å². The van der Waals surface area contributed by atoms with Gasteiger partial charge in [-0.05, 0) is 51.7 Å². The number of thiazole rings is 1. The van der Waals surface area contributed by atoms with Gasteiger partial charge in [-0.2, -0.15) is 0 Å². The molecule has 3 heterocycles. The van der Waals surface area contributed by atoms with Crippen LogP contribution >= 0.6 is 11.3 Å². The van der Waals surface area contributed by atoms with Crippen molar-refractivity contribution in [1.82, 2.24) is 14.9 Å². The smallest absolute Gasteiger partial charge is 0.242 e. The van der Waals surface area contributed by atoms with Gasteiger partial charge in [0.05, 0.1) is 5.54 Å². The number of pyridine rings is 1. The Morgan fingerprint density at radius 1 is 1.36 bits per heavy atom. The second-order valence-corrected chi connectivity index (χ2v) is 9.21. The third kappa shape index (κ3) is 5.29. The Balaban J connectivity index is 1.59. The second kappa shape index (κ2) is 9.01. The Labute approximate surface area is 171 Å². The minimum absolute atomic E-state index is 0.0250. The number of hydrogen-bond acceptors (Lipinski definition) is 6. The Morgan fingerprint density at radius 3 is 2.79 bits per heavy atom. The molecule has 3 N–H and O–H groups in total. The molecule has 0 spiro atoms. The first-order valence-electron chi connectivity index (χ1n) is 10.1. The molecule has 2 aromatic heterocycles. The second-order valence-electron chi connectivity index (χ2n) is 8.10. The molecule has 0 bridgehead atoms. The number of aryl methyl sites for hydroxylation is 1. The standard InChI is InChI=1S/C21H31N5OS/c1-4-5-7-16-14-23-20(28-16)25-18-9-6-8-17(24-18)15-10-12-26(13-11-15)19(27)21(2,3)22/h6,8-9,14-15H,4-5,7,10-13,22H2,1-3H3,(H,23,24,25). The van der Waals surface area contributed by atoms with Crippen molar-refractivity contribution in [3.8, 4) is 0 Å². The third-order valence-electron chi connectivity index (χ3n) is 5.09. The van der Waals surface area contributed by atoms with Crippen LogP contribution < -0.4 is 11.1 Å². The molecule has 6 nitrogen and oxygen atoms in total. The van der Waals surface area contributed by atoms with Gasteiger partial charge in [-0.25, -0.2) is 9.97 Å². The Morgan fingerprint density at radius 2 is 2.11 bits per heavy atom. The van der Waals surface area contributed by atoms with Crippen LogP contribution in [0.5, 0.6) is 0 Å². The van der Waals surface area contributed by atoms with E-state index in [1.165, 1.54) is 17.7 Å². The van der Waals surface area contributed by atoms with E-state index in [4.69, 9.17) is 10.7 Å². The monoisotopic (exact) mass is 401 g/mol. The highest BCUT2D eigenvalue weighted by atomic mass is 32.1. The van der Waals surface area contributed by atoms with Crippen molar-refractivity contribution >= 4 is 28.2 Å². The van der Waals surface area contributed by atoms with Gasteiger partial charge in [-0.1, -0.05) is 19.4 Å². The van der Waals surface area contributed by atoms with Gasteiger partial charge in [0.1, 0.15) is 5.82 Å². The van der Waals surface area contributed by atoms with Crippen LogP contribution in [0.4, 0.5) is 10.9 Å². The lowest BCUT2D eigenvalue weighted by Crippen LogP contribution is -2.53. The van der Waals surface area contributed by atoms with Crippen LogP contribution in [0.15, 0.2) is 24.4 Å². The van der Waals surface area contributed by atoms with Crippen molar-refractivity contribution in [2.75, 3.05) is 18.4 Å².